The summed E-state index contributed by atoms with van der Waals surface area (Å²) in [5.74, 6) is 0.981. The number of methoxy groups -OCH3 is 2. The van der Waals surface area contributed by atoms with Crippen LogP contribution in [0.25, 0.3) is 0 Å². The van der Waals surface area contributed by atoms with E-state index in [1.807, 2.05) is 18.2 Å². The Hall–Kier alpha value is -1.87. The molecule has 1 fully saturated rings. The minimum Gasteiger partial charge on any atom is -0.493 e. The van der Waals surface area contributed by atoms with E-state index in [9.17, 15) is 13.2 Å². The second-order valence-electron chi connectivity index (χ2n) is 6.39. The van der Waals surface area contributed by atoms with Crippen molar-refractivity contribution in [3.8, 4) is 17.2 Å². The van der Waals surface area contributed by atoms with Crippen molar-refractivity contribution in [3.05, 3.63) is 53.6 Å². The van der Waals surface area contributed by atoms with Gasteiger partial charge in [-0.3, -0.25) is 4.90 Å². The lowest BCUT2D eigenvalue weighted by atomic mass is 9.95. The Morgan fingerprint density at radius 3 is 2.10 bits per heavy atom. The molecule has 3 rings (SSSR count). The predicted octanol–water partition coefficient (Wildman–Crippen LogP) is 4.44. The molecule has 168 valence electrons. The number of benzene rings is 2. The van der Waals surface area contributed by atoms with Crippen LogP contribution >= 0.6 is 24.8 Å². The Labute approximate surface area is 186 Å². The third kappa shape index (κ3) is 6.31. The summed E-state index contributed by atoms with van der Waals surface area (Å²) in [6.07, 6.45) is -4.71. The van der Waals surface area contributed by atoms with Gasteiger partial charge >= 0.3 is 6.36 Å². The Bertz CT molecular complexity index is 786. The van der Waals surface area contributed by atoms with Crippen molar-refractivity contribution in [1.82, 2.24) is 10.2 Å². The normalized spacial score (nSPS) is 15.4. The zero-order chi connectivity index (χ0) is 20.1. The first-order valence-corrected chi connectivity index (χ1v) is 8.94. The van der Waals surface area contributed by atoms with Crippen LogP contribution < -0.4 is 19.5 Å². The molecule has 1 N–H and O–H groups in total. The number of halogens is 5. The first-order valence-electron chi connectivity index (χ1n) is 8.94. The van der Waals surface area contributed by atoms with E-state index in [4.69, 9.17) is 9.47 Å². The van der Waals surface area contributed by atoms with E-state index in [-0.39, 0.29) is 36.6 Å². The van der Waals surface area contributed by atoms with E-state index in [0.29, 0.717) is 11.5 Å². The minimum absolute atomic E-state index is 0. The lowest BCUT2D eigenvalue weighted by molar-refractivity contribution is -0.274. The van der Waals surface area contributed by atoms with Crippen LogP contribution in [0.1, 0.15) is 17.2 Å². The van der Waals surface area contributed by atoms with Gasteiger partial charge in [-0.2, -0.15) is 0 Å². The monoisotopic (exact) mass is 468 g/mol. The Kier molecular flexibility index (Phi) is 10.0. The smallest absolute Gasteiger partial charge is 0.493 e. The quantitative estimate of drug-likeness (QED) is 0.678. The summed E-state index contributed by atoms with van der Waals surface area (Å²) in [4.78, 5) is 2.27. The molecule has 1 heterocycles. The molecule has 0 aliphatic carbocycles. The average molecular weight is 469 g/mol. The lowest BCUT2D eigenvalue weighted by Gasteiger charge is -2.36. The van der Waals surface area contributed by atoms with Crippen LogP contribution in [0, 0.1) is 0 Å². The molecule has 1 saturated heterocycles. The number of alkyl halides is 3. The van der Waals surface area contributed by atoms with Gasteiger partial charge in [0, 0.05) is 31.7 Å². The maximum atomic E-state index is 12.5. The number of nitrogens with one attached hydrogen (secondary N) is 1. The summed E-state index contributed by atoms with van der Waals surface area (Å²) in [6.45, 7) is 3.26. The third-order valence-corrected chi connectivity index (χ3v) is 4.67. The van der Waals surface area contributed by atoms with Gasteiger partial charge in [-0.1, -0.05) is 24.3 Å². The molecule has 1 atom stereocenters. The van der Waals surface area contributed by atoms with Gasteiger partial charge in [0.15, 0.2) is 11.5 Å². The van der Waals surface area contributed by atoms with Gasteiger partial charge in [-0.25, -0.2) is 0 Å². The first kappa shape index (κ1) is 26.2. The Balaban J connectivity index is 0.00000225. The molecule has 2 aromatic carbocycles. The zero-order valence-corrected chi connectivity index (χ0v) is 18.2. The number of nitrogens with zero attached hydrogens (tertiary/aromatic N) is 1. The maximum absolute atomic E-state index is 12.5. The molecule has 30 heavy (non-hydrogen) atoms. The fraction of sp³-hybridized carbons (Fsp3) is 0.400. The summed E-state index contributed by atoms with van der Waals surface area (Å²) in [5, 5.41) is 3.32. The van der Waals surface area contributed by atoms with Crippen LogP contribution in [0.2, 0.25) is 0 Å². The summed E-state index contributed by atoms with van der Waals surface area (Å²) < 4.78 is 52.4. The molecule has 1 aliphatic rings. The maximum Gasteiger partial charge on any atom is 0.573 e. The van der Waals surface area contributed by atoms with Gasteiger partial charge in [0.05, 0.1) is 20.3 Å². The van der Waals surface area contributed by atoms with Crippen molar-refractivity contribution >= 4 is 24.8 Å². The topological polar surface area (TPSA) is 43.0 Å². The molecular weight excluding hydrogens is 444 g/mol. The van der Waals surface area contributed by atoms with E-state index >= 15 is 0 Å². The molecule has 0 spiro atoms. The molecule has 0 aromatic heterocycles. The van der Waals surface area contributed by atoms with Gasteiger partial charge in [-0.05, 0) is 23.8 Å². The Morgan fingerprint density at radius 1 is 0.933 bits per heavy atom. The minimum atomic E-state index is -4.71. The standard InChI is InChI=1S/C20H23F3N2O3.2ClH/c1-26-17-5-3-4-16(19(17)27-2)18(25-12-10-24-11-13-25)14-6-8-15(9-7-14)28-20(21,22)23;;/h3-9,18,24H,10-13H2,1-2H3;2*1H/t18-;;/m1../s1. The molecule has 0 amide bonds. The van der Waals surface area contributed by atoms with Crippen LogP contribution in [0.5, 0.6) is 17.2 Å². The van der Waals surface area contributed by atoms with Crippen LogP contribution in [-0.4, -0.2) is 51.7 Å². The molecule has 2 aromatic rings. The highest BCUT2D eigenvalue weighted by Crippen LogP contribution is 2.40. The van der Waals surface area contributed by atoms with Gasteiger partial charge < -0.3 is 19.5 Å². The number of piperazine rings is 1. The average Bonchev–Trinajstić information content (AvgIpc) is 2.69. The highest BCUT2D eigenvalue weighted by molar-refractivity contribution is 5.85. The van der Waals surface area contributed by atoms with E-state index in [1.54, 1.807) is 26.4 Å². The molecule has 10 heteroatoms. The van der Waals surface area contributed by atoms with Gasteiger partial charge in [0.1, 0.15) is 5.75 Å². The van der Waals surface area contributed by atoms with Gasteiger partial charge in [-0.15, -0.1) is 38.0 Å². The number of rotatable bonds is 6. The second-order valence-corrected chi connectivity index (χ2v) is 6.39. The zero-order valence-electron chi connectivity index (χ0n) is 16.6. The van der Waals surface area contributed by atoms with Crippen molar-refractivity contribution in [2.75, 3.05) is 40.4 Å². The first-order chi connectivity index (χ1) is 13.4. The fourth-order valence-electron chi connectivity index (χ4n) is 3.51. The summed E-state index contributed by atoms with van der Waals surface area (Å²) >= 11 is 0. The molecule has 0 bridgehead atoms. The van der Waals surface area contributed by atoms with Crippen molar-refractivity contribution in [3.63, 3.8) is 0 Å². The van der Waals surface area contributed by atoms with E-state index in [0.717, 1.165) is 37.3 Å². The van der Waals surface area contributed by atoms with Crippen molar-refractivity contribution < 1.29 is 27.4 Å². The number of ether oxygens (including phenoxy) is 3. The van der Waals surface area contributed by atoms with Crippen molar-refractivity contribution in [2.24, 2.45) is 0 Å². The summed E-state index contributed by atoms with van der Waals surface area (Å²) in [7, 11) is 3.15. The van der Waals surface area contributed by atoms with Crippen molar-refractivity contribution in [1.29, 1.82) is 0 Å². The van der Waals surface area contributed by atoms with Crippen LogP contribution in [0.3, 0.4) is 0 Å². The molecular formula is C20H25Cl2F3N2O3. The number of para-hydroxylation sites is 1. The van der Waals surface area contributed by atoms with Crippen LogP contribution in [0.15, 0.2) is 42.5 Å². The highest BCUT2D eigenvalue weighted by Gasteiger charge is 2.32. The SMILES string of the molecule is COc1cccc([C@@H](c2ccc(OC(F)(F)F)cc2)N2CCNCC2)c1OC.Cl.Cl. The fourth-order valence-corrected chi connectivity index (χ4v) is 3.51. The number of hydrogen-bond donors (Lipinski definition) is 1. The lowest BCUT2D eigenvalue weighted by Crippen LogP contribution is -2.45. The number of hydrogen-bond acceptors (Lipinski definition) is 5. The van der Waals surface area contributed by atoms with Gasteiger partial charge in [0.25, 0.3) is 0 Å². The van der Waals surface area contributed by atoms with Crippen LogP contribution in [0.4, 0.5) is 13.2 Å². The highest BCUT2D eigenvalue weighted by atomic mass is 35.5. The second kappa shape index (κ2) is 11.5. The summed E-state index contributed by atoms with van der Waals surface area (Å²) in [6, 6.07) is 11.5. The third-order valence-electron chi connectivity index (χ3n) is 4.67. The Morgan fingerprint density at radius 2 is 1.57 bits per heavy atom. The molecule has 5 nitrogen and oxygen atoms in total. The van der Waals surface area contributed by atoms with E-state index < -0.39 is 6.36 Å². The van der Waals surface area contributed by atoms with E-state index in [1.165, 1.54) is 12.1 Å². The predicted molar refractivity (Wildman–Crippen MR) is 113 cm³/mol. The van der Waals surface area contributed by atoms with E-state index in [2.05, 4.69) is 15.0 Å². The summed E-state index contributed by atoms with van der Waals surface area (Å²) in [5.41, 5.74) is 1.75. The largest absolute Gasteiger partial charge is 0.573 e. The van der Waals surface area contributed by atoms with Crippen LogP contribution in [-0.2, 0) is 0 Å². The molecule has 0 unspecified atom stereocenters. The molecule has 1 aliphatic heterocycles. The van der Waals surface area contributed by atoms with Gasteiger partial charge in [0.2, 0.25) is 0 Å². The molecule has 0 saturated carbocycles. The van der Waals surface area contributed by atoms with Crippen molar-refractivity contribution in [2.45, 2.75) is 12.4 Å². The molecule has 0 radical (unpaired) electrons.